The lowest BCUT2D eigenvalue weighted by Gasteiger charge is -2.13. The van der Waals surface area contributed by atoms with Gasteiger partial charge in [0.1, 0.15) is 0 Å². The third-order valence-corrected chi connectivity index (χ3v) is 1.28. The Bertz CT molecular complexity index is 175. The first-order valence-corrected chi connectivity index (χ1v) is 3.75. The molecule has 6 heteroatoms. The van der Waals surface area contributed by atoms with Gasteiger partial charge in [0, 0.05) is 0 Å². The van der Waals surface area contributed by atoms with Crippen LogP contribution in [0.1, 0.15) is 13.3 Å². The average molecular weight is 195 g/mol. The summed E-state index contributed by atoms with van der Waals surface area (Å²) in [6, 6.07) is -1.46. The maximum atomic E-state index is 12.1. The van der Waals surface area contributed by atoms with Crippen LogP contribution in [0.2, 0.25) is 0 Å². The maximum absolute atomic E-state index is 12.1. The molecule has 0 bridgehead atoms. The standard InChI is InChI=1S/C7H11F2NO3/c1-2-13-6(12)3-5(7(8)9)10-4-11/h4-5,7H,2-3H2,1H3,(H,10,11). The van der Waals surface area contributed by atoms with Crippen LogP contribution in [0.5, 0.6) is 0 Å². The molecule has 0 aromatic heterocycles. The van der Waals surface area contributed by atoms with Crippen molar-refractivity contribution in [3.05, 3.63) is 0 Å². The quantitative estimate of drug-likeness (QED) is 0.490. The van der Waals surface area contributed by atoms with E-state index in [0.29, 0.717) is 0 Å². The van der Waals surface area contributed by atoms with Crippen LogP contribution in [0, 0.1) is 0 Å². The molecule has 0 aromatic carbocycles. The molecule has 4 nitrogen and oxygen atoms in total. The van der Waals surface area contributed by atoms with Gasteiger partial charge in [-0.25, -0.2) is 8.78 Å². The normalized spacial score (nSPS) is 12.3. The molecule has 0 heterocycles. The second-order valence-corrected chi connectivity index (χ2v) is 2.23. The lowest BCUT2D eigenvalue weighted by molar-refractivity contribution is -0.144. The summed E-state index contributed by atoms with van der Waals surface area (Å²) in [6.07, 6.45) is -3.14. The van der Waals surface area contributed by atoms with Gasteiger partial charge < -0.3 is 10.1 Å². The fourth-order valence-electron chi connectivity index (χ4n) is 0.708. The van der Waals surface area contributed by atoms with E-state index in [2.05, 4.69) is 4.74 Å². The van der Waals surface area contributed by atoms with Gasteiger partial charge in [-0.2, -0.15) is 0 Å². The number of ether oxygens (including phenoxy) is 1. The molecule has 0 spiro atoms. The van der Waals surface area contributed by atoms with E-state index in [4.69, 9.17) is 0 Å². The molecule has 0 aliphatic heterocycles. The van der Waals surface area contributed by atoms with E-state index >= 15 is 0 Å². The number of nitrogens with one attached hydrogen (secondary N) is 1. The summed E-state index contributed by atoms with van der Waals surface area (Å²) in [5.41, 5.74) is 0. The van der Waals surface area contributed by atoms with Crippen LogP contribution in [0.3, 0.4) is 0 Å². The predicted molar refractivity (Wildman–Crippen MR) is 40.2 cm³/mol. The summed E-state index contributed by atoms with van der Waals surface area (Å²) >= 11 is 0. The van der Waals surface area contributed by atoms with Crippen LogP contribution in [0.15, 0.2) is 0 Å². The molecule has 0 aliphatic carbocycles. The van der Waals surface area contributed by atoms with Gasteiger partial charge in [-0.05, 0) is 6.92 Å². The molecule has 0 saturated heterocycles. The highest BCUT2D eigenvalue weighted by Gasteiger charge is 2.23. The third kappa shape index (κ3) is 5.10. The summed E-state index contributed by atoms with van der Waals surface area (Å²) in [5, 5.41) is 1.84. The van der Waals surface area contributed by atoms with Gasteiger partial charge in [-0.15, -0.1) is 0 Å². The van der Waals surface area contributed by atoms with E-state index in [1.165, 1.54) is 0 Å². The Hall–Kier alpha value is -1.20. The topological polar surface area (TPSA) is 55.4 Å². The Balaban J connectivity index is 3.93. The summed E-state index contributed by atoms with van der Waals surface area (Å²) in [5.74, 6) is -0.748. The number of rotatable bonds is 6. The van der Waals surface area contributed by atoms with Gasteiger partial charge in [0.25, 0.3) is 6.43 Å². The van der Waals surface area contributed by atoms with Crippen molar-refractivity contribution < 1.29 is 23.1 Å². The Morgan fingerprint density at radius 1 is 1.62 bits per heavy atom. The van der Waals surface area contributed by atoms with Gasteiger partial charge in [-0.1, -0.05) is 0 Å². The minimum Gasteiger partial charge on any atom is -0.466 e. The van der Waals surface area contributed by atoms with Crippen LogP contribution < -0.4 is 5.32 Å². The van der Waals surface area contributed by atoms with E-state index in [-0.39, 0.29) is 13.0 Å². The number of esters is 1. The van der Waals surface area contributed by atoms with Crippen LogP contribution in [0.25, 0.3) is 0 Å². The Morgan fingerprint density at radius 2 is 2.23 bits per heavy atom. The first-order valence-electron chi connectivity index (χ1n) is 3.75. The van der Waals surface area contributed by atoms with Crippen molar-refractivity contribution in [1.29, 1.82) is 0 Å². The van der Waals surface area contributed by atoms with Gasteiger partial charge in [0.15, 0.2) is 0 Å². The number of carbonyl (C=O) groups is 2. The number of hydrogen-bond acceptors (Lipinski definition) is 3. The minimum absolute atomic E-state index is 0.135. The Kier molecular flexibility index (Phi) is 5.75. The lowest BCUT2D eigenvalue weighted by Crippen LogP contribution is -2.37. The van der Waals surface area contributed by atoms with Crippen LogP contribution in [-0.4, -0.2) is 31.5 Å². The largest absolute Gasteiger partial charge is 0.466 e. The number of halogens is 2. The van der Waals surface area contributed by atoms with E-state index in [1.807, 2.05) is 5.32 Å². The third-order valence-electron chi connectivity index (χ3n) is 1.28. The summed E-state index contributed by atoms with van der Waals surface area (Å²) < 4.78 is 28.6. The van der Waals surface area contributed by atoms with Gasteiger partial charge in [-0.3, -0.25) is 9.59 Å². The second-order valence-electron chi connectivity index (χ2n) is 2.23. The Morgan fingerprint density at radius 3 is 2.62 bits per heavy atom. The molecule has 0 rings (SSSR count). The zero-order chi connectivity index (χ0) is 10.3. The molecule has 1 unspecified atom stereocenters. The highest BCUT2D eigenvalue weighted by molar-refractivity contribution is 5.70. The fourth-order valence-corrected chi connectivity index (χ4v) is 0.708. The molecule has 0 radical (unpaired) electrons. The number of alkyl halides is 2. The van der Waals surface area contributed by atoms with Crippen molar-refractivity contribution in [2.75, 3.05) is 6.61 Å². The van der Waals surface area contributed by atoms with Crippen molar-refractivity contribution in [2.24, 2.45) is 0 Å². The first kappa shape index (κ1) is 11.8. The maximum Gasteiger partial charge on any atom is 0.308 e. The SMILES string of the molecule is CCOC(=O)CC(NC=O)C(F)F. The van der Waals surface area contributed by atoms with Gasteiger partial charge >= 0.3 is 5.97 Å². The first-order chi connectivity index (χ1) is 6.11. The molecule has 0 aromatic rings. The van der Waals surface area contributed by atoms with Gasteiger partial charge in [0.05, 0.1) is 19.1 Å². The number of hydrogen-bond donors (Lipinski definition) is 1. The zero-order valence-electron chi connectivity index (χ0n) is 7.13. The van der Waals surface area contributed by atoms with E-state index in [0.717, 1.165) is 0 Å². The average Bonchev–Trinajstić information content (AvgIpc) is 2.04. The lowest BCUT2D eigenvalue weighted by atomic mass is 10.2. The van der Waals surface area contributed by atoms with Crippen molar-refractivity contribution in [1.82, 2.24) is 5.32 Å². The molecule has 1 N–H and O–H groups in total. The smallest absolute Gasteiger partial charge is 0.308 e. The molecule has 1 amide bonds. The zero-order valence-corrected chi connectivity index (χ0v) is 7.13. The van der Waals surface area contributed by atoms with Gasteiger partial charge in [0.2, 0.25) is 6.41 Å². The van der Waals surface area contributed by atoms with Crippen LogP contribution in [-0.2, 0) is 14.3 Å². The predicted octanol–water partition coefficient (Wildman–Crippen LogP) is 0.319. The van der Waals surface area contributed by atoms with Crippen molar-refractivity contribution in [2.45, 2.75) is 25.8 Å². The highest BCUT2D eigenvalue weighted by atomic mass is 19.3. The molecule has 1 atom stereocenters. The number of amides is 1. The van der Waals surface area contributed by atoms with Crippen molar-refractivity contribution >= 4 is 12.4 Å². The van der Waals surface area contributed by atoms with Crippen molar-refractivity contribution in [3.8, 4) is 0 Å². The fraction of sp³-hybridized carbons (Fsp3) is 0.714. The van der Waals surface area contributed by atoms with E-state index in [9.17, 15) is 18.4 Å². The van der Waals surface area contributed by atoms with E-state index in [1.54, 1.807) is 6.92 Å². The molecule has 0 fully saturated rings. The Labute approximate surface area is 74.2 Å². The number of carbonyl (C=O) groups excluding carboxylic acids is 2. The second kappa shape index (κ2) is 6.33. The monoisotopic (exact) mass is 195 g/mol. The summed E-state index contributed by atoms with van der Waals surface area (Å²) in [6.45, 7) is 1.71. The molecular weight excluding hydrogens is 184 g/mol. The van der Waals surface area contributed by atoms with E-state index < -0.39 is 24.9 Å². The van der Waals surface area contributed by atoms with Crippen LogP contribution >= 0.6 is 0 Å². The highest BCUT2D eigenvalue weighted by Crippen LogP contribution is 2.05. The summed E-state index contributed by atoms with van der Waals surface area (Å²) in [4.78, 5) is 20.6. The minimum atomic E-state index is -2.77. The molecule has 13 heavy (non-hydrogen) atoms. The summed E-state index contributed by atoms with van der Waals surface area (Å²) in [7, 11) is 0. The molecule has 0 saturated carbocycles. The molecule has 0 aliphatic rings. The van der Waals surface area contributed by atoms with Crippen LogP contribution in [0.4, 0.5) is 8.78 Å². The molecular formula is C7H11F2NO3. The molecule has 76 valence electrons. The van der Waals surface area contributed by atoms with Crippen molar-refractivity contribution in [3.63, 3.8) is 0 Å².